The summed E-state index contributed by atoms with van der Waals surface area (Å²) in [6.45, 7) is 0.307. The molecule has 5 aromatic rings. The topological polar surface area (TPSA) is 88.1 Å². The second-order valence-electron chi connectivity index (χ2n) is 7.92. The monoisotopic (exact) mass is 487 g/mol. The number of aromatic nitrogens is 6. The Morgan fingerprint density at radius 3 is 2.63 bits per heavy atom. The van der Waals surface area contributed by atoms with Crippen molar-refractivity contribution in [3.05, 3.63) is 83.2 Å². The van der Waals surface area contributed by atoms with Crippen LogP contribution in [0.2, 0.25) is 0 Å². The van der Waals surface area contributed by atoms with Gasteiger partial charge in [0.2, 0.25) is 0 Å². The number of nitrogens with zero attached hydrogens (tertiary/aromatic N) is 6. The third-order valence-electron chi connectivity index (χ3n) is 5.87. The van der Waals surface area contributed by atoms with Crippen LogP contribution in [0.3, 0.4) is 0 Å². The van der Waals surface area contributed by atoms with Gasteiger partial charge in [-0.3, -0.25) is 0 Å². The van der Waals surface area contributed by atoms with Gasteiger partial charge < -0.3 is 14.3 Å². The van der Waals surface area contributed by atoms with Crippen molar-refractivity contribution >= 4 is 11.5 Å². The minimum Gasteiger partial charge on any atom is -0.403 e. The van der Waals surface area contributed by atoms with E-state index in [1.807, 2.05) is 0 Å². The van der Waals surface area contributed by atoms with Gasteiger partial charge in [0.1, 0.15) is 23.2 Å². The summed E-state index contributed by atoms with van der Waals surface area (Å²) in [7, 11) is 0. The van der Waals surface area contributed by atoms with Crippen molar-refractivity contribution < 1.29 is 26.4 Å². The van der Waals surface area contributed by atoms with Gasteiger partial charge in [-0.2, -0.15) is 18.3 Å². The van der Waals surface area contributed by atoms with Gasteiger partial charge in [-0.1, -0.05) is 11.2 Å². The molecule has 1 aliphatic rings. The second-order valence-corrected chi connectivity index (χ2v) is 7.92. The van der Waals surface area contributed by atoms with Crippen LogP contribution in [-0.2, 0) is 12.6 Å². The molecule has 8 nitrogen and oxygen atoms in total. The maximum atomic E-state index is 14.2. The number of fused-ring (bicyclic) bond motifs is 2. The standard InChI is InChI=1S/C22H14F5N7O/c23-12-4-1-5-13(24)17(12)20-30-31-21(35-20)33-8-6-14-18(29-10-28-14)19(33)15-9-16-11(22(25,26)27)3-2-7-34(16)32-15/h1-5,7,9-10,19H,6,8H2,(H,28,29). The first-order valence-corrected chi connectivity index (χ1v) is 10.4. The average molecular weight is 487 g/mol. The lowest BCUT2D eigenvalue weighted by atomic mass is 10.00. The van der Waals surface area contributed by atoms with Crippen molar-refractivity contribution in [3.8, 4) is 11.5 Å². The van der Waals surface area contributed by atoms with E-state index < -0.39 is 35.0 Å². The van der Waals surface area contributed by atoms with Crippen LogP contribution < -0.4 is 4.90 Å². The van der Waals surface area contributed by atoms with Crippen molar-refractivity contribution in [2.24, 2.45) is 0 Å². The van der Waals surface area contributed by atoms with Crippen molar-refractivity contribution in [3.63, 3.8) is 0 Å². The van der Waals surface area contributed by atoms with Gasteiger partial charge in [-0.15, -0.1) is 5.10 Å². The Hall–Kier alpha value is -4.29. The quantitative estimate of drug-likeness (QED) is 0.376. The molecule has 178 valence electrons. The van der Waals surface area contributed by atoms with Gasteiger partial charge in [-0.05, 0) is 30.3 Å². The number of imidazole rings is 1. The zero-order valence-corrected chi connectivity index (χ0v) is 17.6. The number of pyridine rings is 1. The van der Waals surface area contributed by atoms with Gasteiger partial charge >= 0.3 is 12.2 Å². The van der Waals surface area contributed by atoms with Crippen molar-refractivity contribution in [2.75, 3.05) is 11.4 Å². The van der Waals surface area contributed by atoms with E-state index in [9.17, 15) is 22.0 Å². The first-order chi connectivity index (χ1) is 16.8. The third kappa shape index (κ3) is 3.42. The van der Waals surface area contributed by atoms with Crippen molar-refractivity contribution in [1.82, 2.24) is 29.8 Å². The number of rotatable bonds is 3. The smallest absolute Gasteiger partial charge is 0.403 e. The number of alkyl halides is 3. The Kier molecular flexibility index (Phi) is 4.62. The van der Waals surface area contributed by atoms with Crippen LogP contribution in [0.5, 0.6) is 0 Å². The summed E-state index contributed by atoms with van der Waals surface area (Å²) >= 11 is 0. The molecule has 1 aromatic carbocycles. The molecule has 0 aliphatic carbocycles. The third-order valence-corrected chi connectivity index (χ3v) is 5.87. The molecule has 6 rings (SSSR count). The molecule has 13 heteroatoms. The first-order valence-electron chi connectivity index (χ1n) is 10.4. The van der Waals surface area contributed by atoms with E-state index in [0.29, 0.717) is 18.7 Å². The summed E-state index contributed by atoms with van der Waals surface area (Å²) in [5, 5.41) is 12.1. The molecular formula is C22H14F5N7O. The minimum absolute atomic E-state index is 0.0746. The highest BCUT2D eigenvalue weighted by atomic mass is 19.4. The van der Waals surface area contributed by atoms with E-state index in [-0.39, 0.29) is 23.1 Å². The van der Waals surface area contributed by atoms with E-state index in [1.54, 1.807) is 4.90 Å². The molecule has 0 saturated heterocycles. The molecule has 0 radical (unpaired) electrons. The number of anilines is 1. The maximum absolute atomic E-state index is 14.2. The van der Waals surface area contributed by atoms with Crippen molar-refractivity contribution in [2.45, 2.75) is 18.6 Å². The number of benzene rings is 1. The fourth-order valence-electron chi connectivity index (χ4n) is 4.32. The summed E-state index contributed by atoms with van der Waals surface area (Å²) < 4.78 is 76.0. The van der Waals surface area contributed by atoms with Gasteiger partial charge in [0.15, 0.2) is 0 Å². The normalized spacial score (nSPS) is 16.1. The average Bonchev–Trinajstić information content (AvgIpc) is 3.56. The Labute approximate surface area is 193 Å². The summed E-state index contributed by atoms with van der Waals surface area (Å²) in [5.41, 5.74) is 0.120. The molecule has 0 bridgehead atoms. The maximum Gasteiger partial charge on any atom is 0.418 e. The molecule has 0 amide bonds. The second kappa shape index (κ2) is 7.61. The van der Waals surface area contributed by atoms with Gasteiger partial charge in [0.25, 0.3) is 5.89 Å². The molecule has 0 saturated carbocycles. The van der Waals surface area contributed by atoms with E-state index in [0.717, 1.165) is 28.4 Å². The number of H-pyrrole nitrogens is 1. The molecule has 1 N–H and O–H groups in total. The highest BCUT2D eigenvalue weighted by Gasteiger charge is 2.38. The molecule has 5 heterocycles. The zero-order chi connectivity index (χ0) is 24.3. The predicted molar refractivity (Wildman–Crippen MR) is 111 cm³/mol. The molecule has 1 unspecified atom stereocenters. The predicted octanol–water partition coefficient (Wildman–Crippen LogP) is 4.56. The number of hydrogen-bond donors (Lipinski definition) is 1. The molecular weight excluding hydrogens is 473 g/mol. The van der Waals surface area contributed by atoms with Crippen LogP contribution in [0, 0.1) is 11.6 Å². The molecule has 0 fully saturated rings. The van der Waals surface area contributed by atoms with Crippen molar-refractivity contribution in [1.29, 1.82) is 0 Å². The lowest BCUT2D eigenvalue weighted by molar-refractivity contribution is -0.136. The summed E-state index contributed by atoms with van der Waals surface area (Å²) in [6.07, 6.45) is -1.20. The number of nitrogens with one attached hydrogen (secondary N) is 1. The number of hydrogen-bond acceptors (Lipinski definition) is 6. The van der Waals surface area contributed by atoms with E-state index in [1.165, 1.54) is 30.7 Å². The van der Waals surface area contributed by atoms with Crippen LogP contribution in [0.25, 0.3) is 17.0 Å². The fourth-order valence-corrected chi connectivity index (χ4v) is 4.32. The largest absolute Gasteiger partial charge is 0.418 e. The van der Waals surface area contributed by atoms with E-state index >= 15 is 0 Å². The fraction of sp³-hybridized carbons (Fsp3) is 0.182. The highest BCUT2D eigenvalue weighted by molar-refractivity contribution is 5.59. The van der Waals surface area contributed by atoms with Crippen LogP contribution >= 0.6 is 0 Å². The first kappa shape index (κ1) is 21.3. The molecule has 1 atom stereocenters. The molecule has 4 aromatic heterocycles. The number of halogens is 5. The summed E-state index contributed by atoms with van der Waals surface area (Å²) in [4.78, 5) is 8.98. The van der Waals surface area contributed by atoms with Crippen LogP contribution in [0.4, 0.5) is 28.0 Å². The van der Waals surface area contributed by atoms with Crippen LogP contribution in [-0.4, -0.2) is 36.3 Å². The minimum atomic E-state index is -4.57. The summed E-state index contributed by atoms with van der Waals surface area (Å²) in [5.74, 6) is -2.11. The Bertz CT molecular complexity index is 1530. The molecule has 1 aliphatic heterocycles. The Morgan fingerprint density at radius 1 is 1.06 bits per heavy atom. The van der Waals surface area contributed by atoms with E-state index in [4.69, 9.17) is 4.42 Å². The lowest BCUT2D eigenvalue weighted by Gasteiger charge is -2.32. The molecule has 0 spiro atoms. The van der Waals surface area contributed by atoms with Crippen LogP contribution in [0.1, 0.15) is 28.7 Å². The molecule has 35 heavy (non-hydrogen) atoms. The lowest BCUT2D eigenvalue weighted by Crippen LogP contribution is -2.36. The van der Waals surface area contributed by atoms with Crippen LogP contribution in [0.15, 0.2) is 53.3 Å². The SMILES string of the molecule is Fc1cccc(F)c1-c1nnc(N2CCc3[nH]cnc3C2c2cc3c(C(F)(F)F)cccn3n2)o1. The van der Waals surface area contributed by atoms with Gasteiger partial charge in [0, 0.05) is 24.9 Å². The van der Waals surface area contributed by atoms with Gasteiger partial charge in [-0.25, -0.2) is 18.3 Å². The van der Waals surface area contributed by atoms with E-state index in [2.05, 4.69) is 25.3 Å². The van der Waals surface area contributed by atoms with Gasteiger partial charge in [0.05, 0.1) is 28.8 Å². The summed E-state index contributed by atoms with van der Waals surface area (Å²) in [6, 6.07) is 6.06. The highest BCUT2D eigenvalue weighted by Crippen LogP contribution is 2.39. The Balaban J connectivity index is 1.47. The Morgan fingerprint density at radius 2 is 1.86 bits per heavy atom. The number of aromatic amines is 1. The zero-order valence-electron chi connectivity index (χ0n) is 17.6.